The minimum Gasteiger partial charge on any atom is -0.300 e. The average Bonchev–Trinajstić information content (AvgIpc) is 2.73. The quantitative estimate of drug-likeness (QED) is 0.850. The first-order valence-corrected chi connectivity index (χ1v) is 9.10. The van der Waals surface area contributed by atoms with Gasteiger partial charge in [0.1, 0.15) is 5.01 Å². The highest BCUT2D eigenvalue weighted by Crippen LogP contribution is 2.38. The molecule has 2 saturated heterocycles. The van der Waals surface area contributed by atoms with Gasteiger partial charge in [0.05, 0.1) is 12.2 Å². The molecule has 3 heterocycles. The van der Waals surface area contributed by atoms with Crippen LogP contribution in [-0.4, -0.2) is 47.0 Å². The van der Waals surface area contributed by atoms with E-state index in [9.17, 15) is 0 Å². The zero-order valence-electron chi connectivity index (χ0n) is 12.1. The minimum atomic E-state index is 0.947. The summed E-state index contributed by atoms with van der Waals surface area (Å²) in [7, 11) is 0. The molecule has 20 heavy (non-hydrogen) atoms. The van der Waals surface area contributed by atoms with Crippen molar-refractivity contribution in [1.29, 1.82) is 0 Å². The summed E-state index contributed by atoms with van der Waals surface area (Å²) < 4.78 is 0. The molecule has 0 spiro atoms. The van der Waals surface area contributed by atoms with Gasteiger partial charge in [-0.3, -0.25) is 9.80 Å². The van der Waals surface area contributed by atoms with Crippen molar-refractivity contribution < 1.29 is 0 Å². The highest BCUT2D eigenvalue weighted by molar-refractivity contribution is 7.11. The van der Waals surface area contributed by atoms with Crippen molar-refractivity contribution in [2.45, 2.75) is 44.7 Å². The molecule has 1 aromatic rings. The monoisotopic (exact) mass is 289 g/mol. The molecule has 0 radical (unpaired) electrons. The van der Waals surface area contributed by atoms with Crippen LogP contribution in [0.3, 0.4) is 0 Å². The van der Waals surface area contributed by atoms with Gasteiger partial charge >= 0.3 is 0 Å². The Kier molecular flexibility index (Phi) is 2.74. The molecule has 4 aliphatic rings. The number of thiazole rings is 1. The average molecular weight is 289 g/mol. The number of nitrogens with zero attached hydrogens (tertiary/aromatic N) is 3. The standard InChI is InChI=1S/C16H23N3S/c1-2-14-15(3-1)20-16(17-14)10-18-6-11-8-19(13-4-5-13)9-12(11)7-18/h11-13H,1-10H2. The molecule has 2 atom stereocenters. The van der Waals surface area contributed by atoms with E-state index in [2.05, 4.69) is 9.80 Å². The molecule has 4 heteroatoms. The highest BCUT2D eigenvalue weighted by atomic mass is 32.1. The van der Waals surface area contributed by atoms with Gasteiger partial charge in [0.2, 0.25) is 0 Å². The first-order chi connectivity index (χ1) is 9.85. The van der Waals surface area contributed by atoms with Crippen molar-refractivity contribution in [2.24, 2.45) is 11.8 Å². The lowest BCUT2D eigenvalue weighted by molar-refractivity contribution is 0.245. The third kappa shape index (κ3) is 2.04. The Morgan fingerprint density at radius 1 is 1.05 bits per heavy atom. The van der Waals surface area contributed by atoms with Crippen molar-refractivity contribution in [3.05, 3.63) is 15.6 Å². The lowest BCUT2D eigenvalue weighted by Gasteiger charge is -2.20. The fourth-order valence-corrected chi connectivity index (χ4v) is 5.70. The third-order valence-electron chi connectivity index (χ3n) is 5.65. The number of hydrogen-bond donors (Lipinski definition) is 0. The summed E-state index contributed by atoms with van der Waals surface area (Å²) in [6, 6.07) is 0.969. The van der Waals surface area contributed by atoms with Crippen molar-refractivity contribution in [2.75, 3.05) is 26.2 Å². The van der Waals surface area contributed by atoms with E-state index >= 15 is 0 Å². The first kappa shape index (κ1) is 12.1. The normalized spacial score (nSPS) is 33.8. The van der Waals surface area contributed by atoms with Crippen LogP contribution >= 0.6 is 11.3 Å². The lowest BCUT2D eigenvalue weighted by atomic mass is 10.0. The predicted octanol–water partition coefficient (Wildman–Crippen LogP) is 2.16. The minimum absolute atomic E-state index is 0.947. The van der Waals surface area contributed by atoms with Crippen LogP contribution in [0.2, 0.25) is 0 Å². The molecule has 3 nitrogen and oxygen atoms in total. The van der Waals surface area contributed by atoms with E-state index in [4.69, 9.17) is 4.98 Å². The number of aromatic nitrogens is 1. The van der Waals surface area contributed by atoms with Gasteiger partial charge in [-0.2, -0.15) is 0 Å². The number of fused-ring (bicyclic) bond motifs is 2. The summed E-state index contributed by atoms with van der Waals surface area (Å²) in [5.41, 5.74) is 1.42. The zero-order valence-corrected chi connectivity index (χ0v) is 12.9. The van der Waals surface area contributed by atoms with Crippen LogP contribution in [0, 0.1) is 11.8 Å². The molecule has 2 unspecified atom stereocenters. The molecule has 0 N–H and O–H groups in total. The van der Waals surface area contributed by atoms with Crippen molar-refractivity contribution in [1.82, 2.24) is 14.8 Å². The Balaban J connectivity index is 1.22. The van der Waals surface area contributed by atoms with Crippen LogP contribution < -0.4 is 0 Å². The molecule has 2 aliphatic heterocycles. The van der Waals surface area contributed by atoms with E-state index in [1.807, 2.05) is 11.3 Å². The van der Waals surface area contributed by atoms with Crippen molar-refractivity contribution >= 4 is 11.3 Å². The fraction of sp³-hybridized carbons (Fsp3) is 0.812. The molecule has 2 aliphatic carbocycles. The maximum absolute atomic E-state index is 4.87. The van der Waals surface area contributed by atoms with Gasteiger partial charge < -0.3 is 0 Å². The van der Waals surface area contributed by atoms with Gasteiger partial charge in [-0.1, -0.05) is 0 Å². The molecule has 0 bridgehead atoms. The van der Waals surface area contributed by atoms with Gasteiger partial charge in [-0.25, -0.2) is 4.98 Å². The molecule has 108 valence electrons. The Bertz CT molecular complexity index is 486. The van der Waals surface area contributed by atoms with Crippen LogP contribution in [0.25, 0.3) is 0 Å². The summed E-state index contributed by atoms with van der Waals surface area (Å²) in [5.74, 6) is 1.89. The maximum atomic E-state index is 4.87. The lowest BCUT2D eigenvalue weighted by Crippen LogP contribution is -2.29. The van der Waals surface area contributed by atoms with Gasteiger partial charge in [-0.05, 0) is 43.9 Å². The summed E-state index contributed by atoms with van der Waals surface area (Å²) in [6.45, 7) is 6.50. The second-order valence-corrected chi connectivity index (χ2v) is 8.40. The summed E-state index contributed by atoms with van der Waals surface area (Å²) in [6.07, 6.45) is 6.78. The van der Waals surface area contributed by atoms with E-state index in [0.29, 0.717) is 0 Å². The van der Waals surface area contributed by atoms with Gasteiger partial charge in [-0.15, -0.1) is 11.3 Å². The summed E-state index contributed by atoms with van der Waals surface area (Å²) >= 11 is 1.99. The second kappa shape index (κ2) is 4.52. The van der Waals surface area contributed by atoms with Gasteiger partial charge in [0.15, 0.2) is 0 Å². The first-order valence-electron chi connectivity index (χ1n) is 8.29. The molecule has 1 aromatic heterocycles. The Morgan fingerprint density at radius 3 is 2.55 bits per heavy atom. The van der Waals surface area contributed by atoms with Gasteiger partial charge in [0.25, 0.3) is 0 Å². The molecule has 0 amide bonds. The maximum Gasteiger partial charge on any atom is 0.107 e. The smallest absolute Gasteiger partial charge is 0.107 e. The van der Waals surface area contributed by atoms with Crippen LogP contribution in [-0.2, 0) is 19.4 Å². The molecule has 1 saturated carbocycles. The van der Waals surface area contributed by atoms with Crippen LogP contribution in [0.5, 0.6) is 0 Å². The Hall–Kier alpha value is -0.450. The molecular weight excluding hydrogens is 266 g/mol. The molecular formula is C16H23N3S. The molecule has 3 fully saturated rings. The SMILES string of the molecule is C1Cc2nc(CN3CC4CN(C5CC5)CC4C3)sc2C1. The molecule has 0 aromatic carbocycles. The van der Waals surface area contributed by atoms with E-state index < -0.39 is 0 Å². The van der Waals surface area contributed by atoms with Crippen molar-refractivity contribution in [3.63, 3.8) is 0 Å². The van der Waals surface area contributed by atoms with E-state index in [-0.39, 0.29) is 0 Å². The van der Waals surface area contributed by atoms with E-state index in [0.717, 1.165) is 24.4 Å². The summed E-state index contributed by atoms with van der Waals surface area (Å²) in [5, 5.41) is 1.38. The predicted molar refractivity (Wildman–Crippen MR) is 81.0 cm³/mol. The van der Waals surface area contributed by atoms with E-state index in [1.54, 1.807) is 4.88 Å². The summed E-state index contributed by atoms with van der Waals surface area (Å²) in [4.78, 5) is 11.9. The van der Waals surface area contributed by atoms with E-state index in [1.165, 1.54) is 69.0 Å². The Morgan fingerprint density at radius 2 is 1.85 bits per heavy atom. The fourth-order valence-electron chi connectivity index (χ4n) is 4.50. The van der Waals surface area contributed by atoms with Crippen LogP contribution in [0.1, 0.15) is 34.8 Å². The second-order valence-electron chi connectivity index (χ2n) is 7.23. The van der Waals surface area contributed by atoms with Gasteiger partial charge in [0, 0.05) is 37.1 Å². The third-order valence-corrected chi connectivity index (χ3v) is 6.79. The Labute approximate surface area is 125 Å². The van der Waals surface area contributed by atoms with Crippen molar-refractivity contribution in [3.8, 4) is 0 Å². The van der Waals surface area contributed by atoms with Crippen LogP contribution in [0.15, 0.2) is 0 Å². The molecule has 5 rings (SSSR count). The highest BCUT2D eigenvalue weighted by Gasteiger charge is 2.44. The number of likely N-dealkylation sites (tertiary alicyclic amines) is 2. The zero-order chi connectivity index (χ0) is 13.1. The van der Waals surface area contributed by atoms with Crippen LogP contribution in [0.4, 0.5) is 0 Å². The number of rotatable bonds is 3. The topological polar surface area (TPSA) is 19.4 Å². The number of hydrogen-bond acceptors (Lipinski definition) is 4. The largest absolute Gasteiger partial charge is 0.300 e. The number of aryl methyl sites for hydroxylation is 2.